The van der Waals surface area contributed by atoms with E-state index in [1.807, 2.05) is 0 Å². The van der Waals surface area contributed by atoms with Gasteiger partial charge in [-0.3, -0.25) is 14.3 Å². The van der Waals surface area contributed by atoms with Gasteiger partial charge in [-0.05, 0) is 43.1 Å². The highest BCUT2D eigenvalue weighted by Gasteiger charge is 2.46. The molecule has 0 amide bonds. The summed E-state index contributed by atoms with van der Waals surface area (Å²) in [6.45, 7) is 19.3. The van der Waals surface area contributed by atoms with Crippen molar-refractivity contribution in [3.63, 3.8) is 0 Å². The molecule has 0 radical (unpaired) electrons. The molecule has 1 aliphatic heterocycles. The molecule has 0 bridgehead atoms. The summed E-state index contributed by atoms with van der Waals surface area (Å²) in [5, 5.41) is -0.00949. The molecule has 1 saturated heterocycles. The van der Waals surface area contributed by atoms with Gasteiger partial charge >= 0.3 is 5.69 Å². The number of rotatable bonds is 6. The third kappa shape index (κ3) is 5.87. The maximum absolute atomic E-state index is 12.6. The summed E-state index contributed by atoms with van der Waals surface area (Å²) in [7, 11) is -4.24. The lowest BCUT2D eigenvalue weighted by molar-refractivity contribution is -0.0413. The first kappa shape index (κ1) is 21.8. The van der Waals surface area contributed by atoms with E-state index in [1.54, 1.807) is 0 Å². The first-order chi connectivity index (χ1) is 15.1. The van der Waals surface area contributed by atoms with Gasteiger partial charge in [-0.25, -0.2) is 4.79 Å². The fourth-order valence-corrected chi connectivity index (χ4v) is 5.28. The van der Waals surface area contributed by atoms with Gasteiger partial charge < -0.3 is 13.6 Å². The molecule has 2 rings (SSSR count). The van der Waals surface area contributed by atoms with E-state index in [1.165, 1.54) is 0 Å². The largest absolute Gasteiger partial charge is 0.414 e. The number of nitrogens with zero attached hydrogens (tertiary/aromatic N) is 1. The summed E-state index contributed by atoms with van der Waals surface area (Å²) in [5.74, 6) is 0. The van der Waals surface area contributed by atoms with E-state index in [4.69, 9.17) is 17.7 Å². The molecule has 0 spiro atoms. The minimum atomic E-state index is -2.65. The highest BCUT2D eigenvalue weighted by Crippen LogP contribution is 2.42. The lowest BCUT2D eigenvalue weighted by Gasteiger charge is -2.40. The molecule has 0 unspecified atom stereocenters. The van der Waals surface area contributed by atoms with Crippen molar-refractivity contribution < 1.29 is 17.7 Å². The average molecular weight is 474 g/mol. The maximum Gasteiger partial charge on any atom is 0.330 e. The highest BCUT2D eigenvalue weighted by atomic mass is 28.4. The number of hydrogen-bond donors (Lipinski definition) is 1. The molecule has 0 aromatic carbocycles. The third-order valence-electron chi connectivity index (χ3n) is 7.13. The van der Waals surface area contributed by atoms with Crippen LogP contribution in [0, 0.1) is 6.85 Å². The van der Waals surface area contributed by atoms with Gasteiger partial charge in [0.25, 0.3) is 5.56 Å². The fourth-order valence-electron chi connectivity index (χ4n) is 2.91. The molecular formula is C22H42N2O5Si2. The normalized spacial score (nSPS) is 25.2. The van der Waals surface area contributed by atoms with Crippen molar-refractivity contribution in [2.24, 2.45) is 0 Å². The zero-order chi connectivity index (χ0) is 26.5. The van der Waals surface area contributed by atoms with Crippen molar-refractivity contribution >= 4 is 16.6 Å². The van der Waals surface area contributed by atoms with Crippen LogP contribution in [0.2, 0.25) is 36.3 Å². The highest BCUT2D eigenvalue weighted by molar-refractivity contribution is 6.74. The van der Waals surface area contributed by atoms with Gasteiger partial charge in [-0.2, -0.15) is 0 Å². The fraction of sp³-hybridized carbons (Fsp3) is 0.818. The first-order valence-corrected chi connectivity index (χ1v) is 16.7. The van der Waals surface area contributed by atoms with Crippen LogP contribution >= 0.6 is 0 Å². The van der Waals surface area contributed by atoms with Crippen LogP contribution in [0.25, 0.3) is 0 Å². The predicted octanol–water partition coefficient (Wildman–Crippen LogP) is 4.54. The number of hydrogen-bond acceptors (Lipinski definition) is 5. The lowest BCUT2D eigenvalue weighted by atomic mass is 10.2. The summed E-state index contributed by atoms with van der Waals surface area (Å²) in [6, 6.07) is 0. The van der Waals surface area contributed by atoms with Crippen molar-refractivity contribution in [3.05, 3.63) is 32.6 Å². The molecule has 9 heteroatoms. The SMILES string of the molecule is [2H]C([2H])([2H])c1cn([C@H]2C[C@H](O[Si](C)(C)C(C)(C)C)[C@@H](CO[Si](C)(C)C(C)(C)C)O2)c(=O)[nH]c1=O. The lowest BCUT2D eigenvalue weighted by Crippen LogP contribution is -2.48. The van der Waals surface area contributed by atoms with E-state index in [-0.39, 0.29) is 16.2 Å². The summed E-state index contributed by atoms with van der Waals surface area (Å²) >= 11 is 0. The van der Waals surface area contributed by atoms with Gasteiger partial charge in [0.2, 0.25) is 0 Å². The smallest absolute Gasteiger partial charge is 0.330 e. The van der Waals surface area contributed by atoms with Crippen molar-refractivity contribution in [1.29, 1.82) is 0 Å². The van der Waals surface area contributed by atoms with Gasteiger partial charge in [0.1, 0.15) is 12.3 Å². The topological polar surface area (TPSA) is 82.6 Å². The number of nitrogens with one attached hydrogen (secondary N) is 1. The van der Waals surface area contributed by atoms with Crippen LogP contribution in [0.5, 0.6) is 0 Å². The number of aromatic amines is 1. The van der Waals surface area contributed by atoms with Crippen LogP contribution in [-0.4, -0.2) is 45.0 Å². The van der Waals surface area contributed by atoms with E-state index in [2.05, 4.69) is 72.7 Å². The maximum atomic E-state index is 12.6. The minimum absolute atomic E-state index is 0.0191. The monoisotopic (exact) mass is 473 g/mol. The van der Waals surface area contributed by atoms with E-state index >= 15 is 0 Å². The van der Waals surface area contributed by atoms with E-state index in [0.717, 1.165) is 10.8 Å². The minimum Gasteiger partial charge on any atom is -0.414 e. The Kier molecular flexibility index (Phi) is 6.15. The van der Waals surface area contributed by atoms with Gasteiger partial charge in [-0.1, -0.05) is 41.5 Å². The predicted molar refractivity (Wildman–Crippen MR) is 130 cm³/mol. The van der Waals surface area contributed by atoms with Gasteiger partial charge in [-0.15, -0.1) is 0 Å². The Bertz CT molecular complexity index is 990. The van der Waals surface area contributed by atoms with Crippen LogP contribution in [0.15, 0.2) is 15.8 Å². The Morgan fingerprint density at radius 1 is 1.13 bits per heavy atom. The van der Waals surface area contributed by atoms with Crippen LogP contribution in [-0.2, 0) is 13.6 Å². The van der Waals surface area contributed by atoms with Crippen LogP contribution in [0.1, 0.15) is 63.9 Å². The van der Waals surface area contributed by atoms with Crippen molar-refractivity contribution in [3.8, 4) is 0 Å². The second-order valence-electron chi connectivity index (χ2n) is 11.6. The van der Waals surface area contributed by atoms with E-state index in [9.17, 15) is 9.59 Å². The first-order valence-electron chi connectivity index (χ1n) is 12.4. The average Bonchev–Trinajstić information content (AvgIpc) is 2.98. The quantitative estimate of drug-likeness (QED) is 0.613. The molecule has 0 aliphatic carbocycles. The molecule has 178 valence electrons. The van der Waals surface area contributed by atoms with Crippen molar-refractivity contribution in [2.75, 3.05) is 6.61 Å². The molecule has 31 heavy (non-hydrogen) atoms. The summed E-state index contributed by atoms with van der Waals surface area (Å²) in [5.41, 5.74) is -2.07. The Hall–Kier alpha value is -1.01. The number of aryl methyl sites for hydroxylation is 1. The van der Waals surface area contributed by atoms with Crippen molar-refractivity contribution in [2.45, 2.75) is 110 Å². The molecule has 3 atom stereocenters. The molecule has 1 aliphatic rings. The number of ether oxygens (including phenoxy) is 1. The second kappa shape index (κ2) is 8.74. The summed E-state index contributed by atoms with van der Waals surface area (Å²) in [6.07, 6.45) is -0.0776. The molecule has 1 N–H and O–H groups in total. The Morgan fingerprint density at radius 2 is 1.71 bits per heavy atom. The summed E-state index contributed by atoms with van der Waals surface area (Å²) in [4.78, 5) is 26.8. The molecule has 0 saturated carbocycles. The molecule has 1 aromatic rings. The van der Waals surface area contributed by atoms with Crippen molar-refractivity contribution in [1.82, 2.24) is 9.55 Å². The Balaban J connectivity index is 2.41. The zero-order valence-corrected chi connectivity index (χ0v) is 22.7. The Labute approximate surface area is 193 Å². The second-order valence-corrected chi connectivity index (χ2v) is 21.1. The van der Waals surface area contributed by atoms with Crippen LogP contribution < -0.4 is 11.2 Å². The van der Waals surface area contributed by atoms with E-state index < -0.39 is 52.6 Å². The number of H-pyrrole nitrogens is 1. The Morgan fingerprint density at radius 3 is 2.23 bits per heavy atom. The van der Waals surface area contributed by atoms with Gasteiger partial charge in [0, 0.05) is 22.3 Å². The summed E-state index contributed by atoms with van der Waals surface area (Å²) < 4.78 is 43.5. The van der Waals surface area contributed by atoms with E-state index in [0.29, 0.717) is 13.0 Å². The van der Waals surface area contributed by atoms with Gasteiger partial charge in [0.05, 0.1) is 12.7 Å². The van der Waals surface area contributed by atoms with Crippen LogP contribution in [0.4, 0.5) is 0 Å². The third-order valence-corrected chi connectivity index (χ3v) is 16.1. The standard InChI is InChI=1S/C22H42N2O5Si2/c1-15-13-24(20(26)23-19(15)25)18-12-16(29-31(10,11)22(5,6)7)17(28-18)14-27-30(8,9)21(2,3)4/h13,16-18H,12,14H2,1-11H3,(H,23,25,26)/t16-,17+,18+/m0/s1/i1D3. The van der Waals surface area contributed by atoms with Gasteiger partial charge in [0.15, 0.2) is 16.6 Å². The molecule has 1 fully saturated rings. The number of aromatic nitrogens is 2. The van der Waals surface area contributed by atoms with Crippen LogP contribution in [0.3, 0.4) is 0 Å². The molecule has 2 heterocycles. The zero-order valence-electron chi connectivity index (χ0n) is 23.7. The molecule has 1 aromatic heterocycles. The molecular weight excluding hydrogens is 428 g/mol. The molecule has 7 nitrogen and oxygen atoms in total.